The fourth-order valence-electron chi connectivity index (χ4n) is 17.1. The molecule has 0 bridgehead atoms. The maximum atomic E-state index is 2.47. The lowest BCUT2D eigenvalue weighted by molar-refractivity contribution is 0.745. The summed E-state index contributed by atoms with van der Waals surface area (Å²) < 4.78 is 0. The van der Waals surface area contributed by atoms with E-state index in [0.717, 1.165) is 90.5 Å². The van der Waals surface area contributed by atoms with Crippen molar-refractivity contribution in [1.82, 2.24) is 0 Å². The van der Waals surface area contributed by atoms with Crippen LogP contribution in [-0.2, 0) is 5.41 Å². The highest BCUT2D eigenvalue weighted by Crippen LogP contribution is 2.58. The lowest BCUT2D eigenvalue weighted by Gasteiger charge is -2.38. The van der Waals surface area contributed by atoms with Gasteiger partial charge in [-0.05, 0) is 164 Å². The van der Waals surface area contributed by atoms with Crippen molar-refractivity contribution in [3.8, 4) is 89.0 Å². The molecule has 101 heavy (non-hydrogen) atoms. The Balaban J connectivity index is 0.827. The second-order valence-electron chi connectivity index (χ2n) is 26.6. The van der Waals surface area contributed by atoms with Crippen molar-refractivity contribution in [2.24, 2.45) is 0 Å². The Morgan fingerprint density at radius 1 is 0.119 bits per heavy atom. The minimum atomic E-state index is -0.931. The van der Waals surface area contributed by atoms with Crippen LogP contribution in [0.15, 0.2) is 388 Å². The second kappa shape index (κ2) is 23.5. The molecular formula is C97H64N4. The summed E-state index contributed by atoms with van der Waals surface area (Å²) in [5, 5.41) is 0. The molecule has 0 fully saturated rings. The Morgan fingerprint density at radius 2 is 0.238 bits per heavy atom. The molecule has 0 aliphatic carbocycles. The molecule has 16 aromatic carbocycles. The average Bonchev–Trinajstić information content (AvgIpc) is 1.10. The van der Waals surface area contributed by atoms with Gasteiger partial charge in [0.05, 0.1) is 50.9 Å². The zero-order valence-corrected chi connectivity index (χ0v) is 55.2. The molecule has 0 saturated heterocycles. The molecule has 0 atom stereocenters. The van der Waals surface area contributed by atoms with E-state index in [-0.39, 0.29) is 0 Å². The molecule has 16 aromatic rings. The second-order valence-corrected chi connectivity index (χ2v) is 26.6. The number of hydrogen-bond acceptors (Lipinski definition) is 4. The summed E-state index contributed by atoms with van der Waals surface area (Å²) in [6.07, 6.45) is 0. The van der Waals surface area contributed by atoms with E-state index in [4.69, 9.17) is 0 Å². The molecule has 4 heterocycles. The quantitative estimate of drug-likeness (QED) is 0.141. The summed E-state index contributed by atoms with van der Waals surface area (Å²) in [4.78, 5) is 9.86. The molecule has 4 aliphatic rings. The number of anilines is 12. The van der Waals surface area contributed by atoms with Gasteiger partial charge >= 0.3 is 0 Å². The highest BCUT2D eigenvalue weighted by atomic mass is 15.2. The molecule has 0 saturated carbocycles. The van der Waals surface area contributed by atoms with Crippen LogP contribution in [0.3, 0.4) is 0 Å². The SMILES string of the molecule is c1ccc2c(c1)-c1ccccc1N(c1ccc(C(c3ccc(N4c5ccccc5-c5ccccc5-c5ccccc54)cc3)(c3ccc(N4c5ccccc5-c5ccccc5-c5ccccc54)cc3)c3ccc(N4c5ccccc5-c5ccccc5-c5ccccc54)cc3)cc1)c1ccccc1-2. The Hall–Kier alpha value is -13.3. The van der Waals surface area contributed by atoms with Crippen LogP contribution in [-0.4, -0.2) is 0 Å². The maximum Gasteiger partial charge on any atom is 0.0701 e. The van der Waals surface area contributed by atoms with Gasteiger partial charge in [0, 0.05) is 67.3 Å². The van der Waals surface area contributed by atoms with E-state index >= 15 is 0 Å². The first-order chi connectivity index (χ1) is 50.2. The zero-order chi connectivity index (χ0) is 66.5. The van der Waals surface area contributed by atoms with Crippen LogP contribution < -0.4 is 19.6 Å². The van der Waals surface area contributed by atoms with E-state index in [9.17, 15) is 0 Å². The topological polar surface area (TPSA) is 13.0 Å². The van der Waals surface area contributed by atoms with Gasteiger partial charge < -0.3 is 19.6 Å². The first kappa shape index (κ1) is 57.9. The Bertz CT molecular complexity index is 4930. The molecule has 20 rings (SSSR count). The third-order valence-corrected chi connectivity index (χ3v) is 21.4. The van der Waals surface area contributed by atoms with E-state index in [1.807, 2.05) is 0 Å². The Kier molecular flexibility index (Phi) is 13.5. The third-order valence-electron chi connectivity index (χ3n) is 21.4. The summed E-state index contributed by atoms with van der Waals surface area (Å²) >= 11 is 0. The summed E-state index contributed by atoms with van der Waals surface area (Å²) in [7, 11) is 0. The average molecular weight is 1290 g/mol. The van der Waals surface area contributed by atoms with Crippen LogP contribution in [0, 0.1) is 0 Å². The highest BCUT2D eigenvalue weighted by Gasteiger charge is 2.41. The van der Waals surface area contributed by atoms with E-state index in [0.29, 0.717) is 0 Å². The van der Waals surface area contributed by atoms with Gasteiger partial charge in [0.25, 0.3) is 0 Å². The number of nitrogens with zero attached hydrogens (tertiary/aromatic N) is 4. The molecule has 0 N–H and O–H groups in total. The highest BCUT2D eigenvalue weighted by molar-refractivity contribution is 6.07. The zero-order valence-electron chi connectivity index (χ0n) is 55.2. The van der Waals surface area contributed by atoms with E-state index in [1.165, 1.54) is 89.0 Å². The number of hydrogen-bond donors (Lipinski definition) is 0. The van der Waals surface area contributed by atoms with Crippen LogP contribution in [0.4, 0.5) is 68.2 Å². The van der Waals surface area contributed by atoms with Gasteiger partial charge in [-0.3, -0.25) is 0 Å². The van der Waals surface area contributed by atoms with Gasteiger partial charge in [0.2, 0.25) is 0 Å². The van der Waals surface area contributed by atoms with Crippen LogP contribution >= 0.6 is 0 Å². The summed E-state index contributed by atoms with van der Waals surface area (Å²) in [6, 6.07) is 145. The van der Waals surface area contributed by atoms with Crippen molar-refractivity contribution in [2.45, 2.75) is 5.41 Å². The molecule has 472 valence electrons. The Labute approximate surface area is 589 Å². The number of para-hydroxylation sites is 8. The van der Waals surface area contributed by atoms with Crippen LogP contribution in [0.2, 0.25) is 0 Å². The van der Waals surface area contributed by atoms with Crippen LogP contribution in [0.1, 0.15) is 22.3 Å². The maximum absolute atomic E-state index is 2.47. The predicted molar refractivity (Wildman–Crippen MR) is 421 cm³/mol. The number of benzene rings is 16. The third kappa shape index (κ3) is 9.02. The van der Waals surface area contributed by atoms with Crippen molar-refractivity contribution < 1.29 is 0 Å². The lowest BCUT2D eigenvalue weighted by Crippen LogP contribution is -2.31. The van der Waals surface area contributed by atoms with Gasteiger partial charge in [-0.1, -0.05) is 291 Å². The fraction of sp³-hybridized carbons (Fsp3) is 0.0103. The minimum Gasteiger partial charge on any atom is -0.309 e. The van der Waals surface area contributed by atoms with Crippen molar-refractivity contribution >= 4 is 68.2 Å². The Morgan fingerprint density at radius 3 is 0.376 bits per heavy atom. The van der Waals surface area contributed by atoms with Gasteiger partial charge in [0.15, 0.2) is 0 Å². The van der Waals surface area contributed by atoms with E-state index in [2.05, 4.69) is 408 Å². The van der Waals surface area contributed by atoms with Gasteiger partial charge in [-0.25, -0.2) is 0 Å². The summed E-state index contributed by atoms with van der Waals surface area (Å²) in [5.74, 6) is 0. The van der Waals surface area contributed by atoms with E-state index < -0.39 is 5.41 Å². The molecule has 0 radical (unpaired) electrons. The molecule has 0 unspecified atom stereocenters. The van der Waals surface area contributed by atoms with Crippen LogP contribution in [0.25, 0.3) is 89.0 Å². The van der Waals surface area contributed by atoms with Crippen molar-refractivity contribution in [2.75, 3.05) is 19.6 Å². The minimum absolute atomic E-state index is 0.931. The smallest absolute Gasteiger partial charge is 0.0701 e. The molecule has 0 spiro atoms. The van der Waals surface area contributed by atoms with Gasteiger partial charge in [-0.2, -0.15) is 0 Å². The molecule has 0 aromatic heterocycles. The van der Waals surface area contributed by atoms with Crippen LogP contribution in [0.5, 0.6) is 0 Å². The molecule has 4 heteroatoms. The normalized spacial score (nSPS) is 12.7. The number of rotatable bonds is 8. The standard InChI is InChI=1S/C97H64N4/c1-2-26-74-73(25-1)81-33-9-17-41-89(81)98(90-42-18-10-34-82(74)90)69-57-49-65(50-58-69)97(66-51-59-70(60-52-66)99-91-43-19-11-35-83(91)75-27-3-4-28-76(75)84-36-12-20-44-92(84)99,67-53-61-71(62-54-67)100-93-45-21-13-37-85(93)77-29-5-6-30-78(77)86-38-14-22-46-94(86)100)68-55-63-72(64-56-68)101-95-47-23-15-39-87(95)79-31-7-8-32-80(79)88-40-16-24-48-96(88)101/h1-64H. The monoisotopic (exact) mass is 1280 g/mol. The van der Waals surface area contributed by atoms with Gasteiger partial charge in [-0.15, -0.1) is 0 Å². The molecular weight excluding hydrogens is 1220 g/mol. The summed E-state index contributed by atoms with van der Waals surface area (Å²) in [6.45, 7) is 0. The molecule has 4 nitrogen and oxygen atoms in total. The molecule has 0 amide bonds. The first-order valence-corrected chi connectivity index (χ1v) is 34.9. The summed E-state index contributed by atoms with van der Waals surface area (Å²) in [5.41, 5.74) is 36.1. The lowest BCUT2D eigenvalue weighted by atomic mass is 9.65. The van der Waals surface area contributed by atoms with Gasteiger partial charge in [0.1, 0.15) is 0 Å². The number of fused-ring (bicyclic) bond motifs is 20. The first-order valence-electron chi connectivity index (χ1n) is 34.9. The molecule has 4 aliphatic heterocycles. The predicted octanol–water partition coefficient (Wildman–Crippen LogP) is 26.5. The largest absolute Gasteiger partial charge is 0.309 e. The fourth-order valence-corrected chi connectivity index (χ4v) is 17.1. The van der Waals surface area contributed by atoms with Crippen molar-refractivity contribution in [3.63, 3.8) is 0 Å². The van der Waals surface area contributed by atoms with Crippen molar-refractivity contribution in [3.05, 3.63) is 411 Å². The van der Waals surface area contributed by atoms with Crippen molar-refractivity contribution in [1.29, 1.82) is 0 Å². The van der Waals surface area contributed by atoms with E-state index in [1.54, 1.807) is 0 Å².